The quantitative estimate of drug-likeness (QED) is 0.824. The number of amides is 1. The number of likely N-dealkylation sites (tertiary alicyclic amines) is 1. The van der Waals surface area contributed by atoms with E-state index < -0.39 is 0 Å². The second-order valence-electron chi connectivity index (χ2n) is 6.55. The van der Waals surface area contributed by atoms with Gasteiger partial charge in [0.25, 0.3) is 0 Å². The largest absolute Gasteiger partial charge is 0.351 e. The van der Waals surface area contributed by atoms with Crippen molar-refractivity contribution in [2.75, 3.05) is 26.2 Å². The predicted molar refractivity (Wildman–Crippen MR) is 90.5 cm³/mol. The van der Waals surface area contributed by atoms with Crippen LogP contribution in [0.4, 0.5) is 0 Å². The molecule has 0 aromatic heterocycles. The molecule has 0 aromatic carbocycles. The van der Waals surface area contributed by atoms with Crippen molar-refractivity contribution in [2.24, 2.45) is 5.92 Å². The standard InChI is InChI=1S/C15H27N3O.2ClH/c19-15(14-6-3-8-16-14)17-13-7-9-18(11-13)10-12-4-1-2-5-12;;/h12-14,16H,1-11H2,(H,17,19);2*1H. The molecule has 0 radical (unpaired) electrons. The number of nitrogens with one attached hydrogen (secondary N) is 2. The third-order valence-electron chi connectivity index (χ3n) is 4.99. The number of carbonyl (C=O) groups is 1. The monoisotopic (exact) mass is 337 g/mol. The second kappa shape index (κ2) is 9.19. The highest BCUT2D eigenvalue weighted by Crippen LogP contribution is 2.26. The molecule has 2 unspecified atom stereocenters. The molecule has 2 N–H and O–H groups in total. The molecule has 2 atom stereocenters. The predicted octanol–water partition coefficient (Wildman–Crippen LogP) is 1.96. The summed E-state index contributed by atoms with van der Waals surface area (Å²) in [6, 6.07) is 0.459. The van der Waals surface area contributed by atoms with Crippen LogP contribution < -0.4 is 10.6 Å². The summed E-state index contributed by atoms with van der Waals surface area (Å²) >= 11 is 0. The van der Waals surface area contributed by atoms with Crippen molar-refractivity contribution in [1.82, 2.24) is 15.5 Å². The number of hydrogen-bond acceptors (Lipinski definition) is 3. The van der Waals surface area contributed by atoms with E-state index in [4.69, 9.17) is 0 Å². The van der Waals surface area contributed by atoms with Gasteiger partial charge in [0.05, 0.1) is 6.04 Å². The minimum absolute atomic E-state index is 0. The van der Waals surface area contributed by atoms with Gasteiger partial charge in [-0.3, -0.25) is 4.79 Å². The molecule has 2 aliphatic heterocycles. The van der Waals surface area contributed by atoms with Crippen LogP contribution in [0.1, 0.15) is 44.9 Å². The molecule has 0 aromatic rings. The van der Waals surface area contributed by atoms with Gasteiger partial charge in [-0.05, 0) is 44.6 Å². The van der Waals surface area contributed by atoms with E-state index in [1.54, 1.807) is 0 Å². The zero-order chi connectivity index (χ0) is 13.1. The molecule has 2 heterocycles. The van der Waals surface area contributed by atoms with E-state index in [9.17, 15) is 4.79 Å². The highest BCUT2D eigenvalue weighted by Gasteiger charge is 2.29. The molecular weight excluding hydrogens is 309 g/mol. The Kier molecular flexibility index (Phi) is 8.32. The summed E-state index contributed by atoms with van der Waals surface area (Å²) in [5.74, 6) is 1.15. The molecule has 6 heteroatoms. The molecule has 3 rings (SSSR count). The smallest absolute Gasteiger partial charge is 0.237 e. The van der Waals surface area contributed by atoms with Crippen molar-refractivity contribution >= 4 is 30.7 Å². The van der Waals surface area contributed by atoms with Crippen LogP contribution in [0, 0.1) is 5.92 Å². The van der Waals surface area contributed by atoms with Crippen molar-refractivity contribution in [3.8, 4) is 0 Å². The average molecular weight is 338 g/mol. The fourth-order valence-electron chi connectivity index (χ4n) is 3.88. The fraction of sp³-hybridized carbons (Fsp3) is 0.933. The van der Waals surface area contributed by atoms with Gasteiger partial charge in [-0.25, -0.2) is 0 Å². The van der Waals surface area contributed by atoms with Crippen LogP contribution in [0.2, 0.25) is 0 Å². The van der Waals surface area contributed by atoms with Gasteiger partial charge in [0.1, 0.15) is 0 Å². The lowest BCUT2D eigenvalue weighted by atomic mass is 10.1. The summed E-state index contributed by atoms with van der Waals surface area (Å²) in [5.41, 5.74) is 0. The van der Waals surface area contributed by atoms with Gasteiger partial charge in [-0.1, -0.05) is 12.8 Å². The minimum Gasteiger partial charge on any atom is -0.351 e. The lowest BCUT2D eigenvalue weighted by Gasteiger charge is -2.21. The highest BCUT2D eigenvalue weighted by atomic mass is 35.5. The molecule has 1 aliphatic carbocycles. The Bertz CT molecular complexity index is 318. The van der Waals surface area contributed by atoms with Crippen LogP contribution >= 0.6 is 24.8 Å². The van der Waals surface area contributed by atoms with Gasteiger partial charge in [-0.2, -0.15) is 0 Å². The average Bonchev–Trinajstić information content (AvgIpc) is 3.10. The molecule has 1 amide bonds. The second-order valence-corrected chi connectivity index (χ2v) is 6.55. The Morgan fingerprint density at radius 2 is 1.86 bits per heavy atom. The number of halogens is 2. The Balaban J connectivity index is 0.00000110. The zero-order valence-corrected chi connectivity index (χ0v) is 14.3. The summed E-state index contributed by atoms with van der Waals surface area (Å²) in [6.45, 7) is 4.49. The van der Waals surface area contributed by atoms with Crippen molar-refractivity contribution < 1.29 is 4.79 Å². The van der Waals surface area contributed by atoms with Crippen molar-refractivity contribution in [3.05, 3.63) is 0 Å². The Morgan fingerprint density at radius 3 is 2.52 bits per heavy atom. The van der Waals surface area contributed by atoms with E-state index in [2.05, 4.69) is 15.5 Å². The fourth-order valence-corrected chi connectivity index (χ4v) is 3.88. The van der Waals surface area contributed by atoms with Crippen LogP contribution in [-0.4, -0.2) is 49.1 Å². The van der Waals surface area contributed by atoms with Crippen molar-refractivity contribution in [3.63, 3.8) is 0 Å². The highest BCUT2D eigenvalue weighted by molar-refractivity contribution is 5.85. The summed E-state index contributed by atoms with van der Waals surface area (Å²) in [6.07, 6.45) is 8.95. The molecular formula is C15H29Cl2N3O. The first-order chi connectivity index (χ1) is 9.31. The first-order valence-corrected chi connectivity index (χ1v) is 8.07. The van der Waals surface area contributed by atoms with Gasteiger partial charge >= 0.3 is 0 Å². The van der Waals surface area contributed by atoms with Gasteiger partial charge in [0, 0.05) is 25.7 Å². The molecule has 21 heavy (non-hydrogen) atoms. The van der Waals surface area contributed by atoms with E-state index in [0.29, 0.717) is 6.04 Å². The number of nitrogens with zero attached hydrogens (tertiary/aromatic N) is 1. The molecule has 124 valence electrons. The van der Waals surface area contributed by atoms with E-state index in [0.717, 1.165) is 38.3 Å². The maximum absolute atomic E-state index is 12.1. The Labute approximate surface area is 140 Å². The summed E-state index contributed by atoms with van der Waals surface area (Å²) < 4.78 is 0. The van der Waals surface area contributed by atoms with Crippen LogP contribution in [-0.2, 0) is 4.79 Å². The molecule has 3 fully saturated rings. The van der Waals surface area contributed by atoms with Crippen LogP contribution in [0.5, 0.6) is 0 Å². The first kappa shape index (κ1) is 19.0. The van der Waals surface area contributed by atoms with Gasteiger partial charge < -0.3 is 15.5 Å². The first-order valence-electron chi connectivity index (χ1n) is 8.07. The maximum Gasteiger partial charge on any atom is 0.237 e. The van der Waals surface area contributed by atoms with Crippen molar-refractivity contribution in [1.29, 1.82) is 0 Å². The summed E-state index contributed by atoms with van der Waals surface area (Å²) in [5, 5.41) is 6.51. The lowest BCUT2D eigenvalue weighted by molar-refractivity contribution is -0.123. The minimum atomic E-state index is 0. The molecule has 0 spiro atoms. The van der Waals surface area contributed by atoms with Crippen molar-refractivity contribution in [2.45, 2.75) is 57.0 Å². The molecule has 3 aliphatic rings. The normalized spacial score (nSPS) is 29.9. The van der Waals surface area contributed by atoms with E-state index in [-0.39, 0.29) is 36.8 Å². The van der Waals surface area contributed by atoms with Crippen LogP contribution in [0.3, 0.4) is 0 Å². The van der Waals surface area contributed by atoms with Gasteiger partial charge in [0.2, 0.25) is 5.91 Å². The van der Waals surface area contributed by atoms with Crippen LogP contribution in [0.25, 0.3) is 0 Å². The van der Waals surface area contributed by atoms with Gasteiger partial charge in [0.15, 0.2) is 0 Å². The van der Waals surface area contributed by atoms with E-state index in [1.165, 1.54) is 38.8 Å². The third kappa shape index (κ3) is 5.27. The topological polar surface area (TPSA) is 44.4 Å². The number of hydrogen-bond donors (Lipinski definition) is 2. The number of rotatable bonds is 4. The maximum atomic E-state index is 12.1. The van der Waals surface area contributed by atoms with E-state index >= 15 is 0 Å². The van der Waals surface area contributed by atoms with Crippen LogP contribution in [0.15, 0.2) is 0 Å². The SMILES string of the molecule is Cl.Cl.O=C(NC1CCN(CC2CCCC2)C1)C1CCCN1. The summed E-state index contributed by atoms with van der Waals surface area (Å²) in [7, 11) is 0. The molecule has 2 saturated heterocycles. The molecule has 4 nitrogen and oxygen atoms in total. The molecule has 1 saturated carbocycles. The van der Waals surface area contributed by atoms with E-state index in [1.807, 2.05) is 0 Å². The Morgan fingerprint density at radius 1 is 1.10 bits per heavy atom. The molecule has 0 bridgehead atoms. The Hall–Kier alpha value is -0.0300. The summed E-state index contributed by atoms with van der Waals surface area (Å²) in [4.78, 5) is 14.6. The number of carbonyl (C=O) groups excluding carboxylic acids is 1. The zero-order valence-electron chi connectivity index (χ0n) is 12.7. The lowest BCUT2D eigenvalue weighted by Crippen LogP contribution is -2.46. The third-order valence-corrected chi connectivity index (χ3v) is 4.99. The van der Waals surface area contributed by atoms with Gasteiger partial charge in [-0.15, -0.1) is 24.8 Å².